The molecule has 6 aromatic rings. The number of allylic oxidation sites excluding steroid dienone is 2. The first kappa shape index (κ1) is 25.4. The van der Waals surface area contributed by atoms with Crippen LogP contribution < -0.4 is 5.32 Å². The van der Waals surface area contributed by atoms with Crippen LogP contribution in [0.15, 0.2) is 152 Å². The minimum atomic E-state index is 0.830. The third kappa shape index (κ3) is 5.38. The van der Waals surface area contributed by atoms with E-state index in [1.807, 2.05) is 36.7 Å². The van der Waals surface area contributed by atoms with Gasteiger partial charge in [0.2, 0.25) is 0 Å². The van der Waals surface area contributed by atoms with Crippen molar-refractivity contribution >= 4 is 5.70 Å². The maximum atomic E-state index is 4.55. The summed E-state index contributed by atoms with van der Waals surface area (Å²) in [5.41, 5.74) is 13.1. The van der Waals surface area contributed by atoms with Gasteiger partial charge in [0.25, 0.3) is 0 Å². The summed E-state index contributed by atoms with van der Waals surface area (Å²) in [5.74, 6) is 0. The molecule has 0 saturated carbocycles. The molecule has 200 valence electrons. The minimum absolute atomic E-state index is 0.830. The van der Waals surface area contributed by atoms with E-state index in [2.05, 4.69) is 129 Å². The molecule has 1 N–H and O–H groups in total. The summed E-state index contributed by atoms with van der Waals surface area (Å²) in [6.07, 6.45) is 11.7. The lowest BCUT2D eigenvalue weighted by Crippen LogP contribution is -2.15. The van der Waals surface area contributed by atoms with Gasteiger partial charge in [0, 0.05) is 25.1 Å². The minimum Gasteiger partial charge on any atom is -0.380 e. The molecule has 1 aliphatic rings. The smallest absolute Gasteiger partial charge is 0.0892 e. The van der Waals surface area contributed by atoms with Gasteiger partial charge in [0.1, 0.15) is 0 Å². The Labute approximate surface area is 245 Å². The van der Waals surface area contributed by atoms with Crippen LogP contribution in [0.3, 0.4) is 0 Å². The molecule has 4 heteroatoms. The Hall–Kier alpha value is -5.61. The quantitative estimate of drug-likeness (QED) is 0.230. The number of benzene rings is 3. The van der Waals surface area contributed by atoms with E-state index in [0.717, 1.165) is 46.0 Å². The summed E-state index contributed by atoms with van der Waals surface area (Å²) in [4.78, 5) is 13.5. The average molecular weight is 541 g/mol. The number of aromatic nitrogens is 3. The first-order valence-corrected chi connectivity index (χ1v) is 14.1. The molecule has 42 heavy (non-hydrogen) atoms. The molecular formula is C38H28N4. The number of rotatable bonds is 6. The van der Waals surface area contributed by atoms with Crippen LogP contribution in [-0.2, 0) is 0 Å². The molecule has 0 atom stereocenters. The molecular weight excluding hydrogens is 512 g/mol. The highest BCUT2D eigenvalue weighted by Crippen LogP contribution is 2.30. The standard InChI is InChI=1S/C38H28N4/c1-3-21-39-35(5-1)37-25-33(19-23-41-37)31-15-11-29(12-16-31)27-7-9-28(10-8-27)30-13-17-32(18-14-30)34-20-24-42-38(26-34)36-6-2-4-22-40-36/h1-21,23-26,40H,22H2. The molecule has 0 amide bonds. The second-order valence-electron chi connectivity index (χ2n) is 10.2. The van der Waals surface area contributed by atoms with Crippen LogP contribution in [0.4, 0.5) is 0 Å². The van der Waals surface area contributed by atoms with Gasteiger partial charge in [0.05, 0.1) is 22.8 Å². The number of hydrogen-bond acceptors (Lipinski definition) is 4. The monoisotopic (exact) mass is 540 g/mol. The van der Waals surface area contributed by atoms with Crippen molar-refractivity contribution in [2.75, 3.05) is 6.54 Å². The fourth-order valence-electron chi connectivity index (χ4n) is 5.22. The molecule has 1 aliphatic heterocycles. The van der Waals surface area contributed by atoms with Crippen LogP contribution in [0.2, 0.25) is 0 Å². The van der Waals surface area contributed by atoms with Crippen LogP contribution in [0.25, 0.3) is 61.6 Å². The Morgan fingerprint density at radius 1 is 0.429 bits per heavy atom. The zero-order valence-corrected chi connectivity index (χ0v) is 23.0. The summed E-state index contributed by atoms with van der Waals surface area (Å²) in [6, 6.07) is 40.4. The predicted molar refractivity (Wildman–Crippen MR) is 172 cm³/mol. The molecule has 3 aromatic carbocycles. The molecule has 4 heterocycles. The Balaban J connectivity index is 1.06. The third-order valence-corrected chi connectivity index (χ3v) is 7.52. The van der Waals surface area contributed by atoms with Crippen molar-refractivity contribution in [2.45, 2.75) is 0 Å². The maximum Gasteiger partial charge on any atom is 0.0892 e. The van der Waals surface area contributed by atoms with E-state index >= 15 is 0 Å². The molecule has 0 fully saturated rings. The lowest BCUT2D eigenvalue weighted by molar-refractivity contribution is 0.981. The van der Waals surface area contributed by atoms with Gasteiger partial charge in [-0.25, -0.2) is 0 Å². The summed E-state index contributed by atoms with van der Waals surface area (Å²) < 4.78 is 0. The van der Waals surface area contributed by atoms with Crippen molar-refractivity contribution in [3.63, 3.8) is 0 Å². The SMILES string of the molecule is C1=CCNC(c2cc(-c3ccc(-c4ccc(-c5ccc(-c6ccnc(-c7ccccn7)c6)cc5)cc4)cc3)ccn2)=C1. The van der Waals surface area contributed by atoms with E-state index in [0.29, 0.717) is 0 Å². The molecule has 7 rings (SSSR count). The van der Waals surface area contributed by atoms with Crippen LogP contribution in [0.1, 0.15) is 5.69 Å². The average Bonchev–Trinajstić information content (AvgIpc) is 3.09. The highest BCUT2D eigenvalue weighted by atomic mass is 14.9. The van der Waals surface area contributed by atoms with E-state index in [-0.39, 0.29) is 0 Å². The summed E-state index contributed by atoms with van der Waals surface area (Å²) in [5, 5.41) is 3.39. The van der Waals surface area contributed by atoms with Gasteiger partial charge in [-0.15, -0.1) is 0 Å². The first-order valence-electron chi connectivity index (χ1n) is 14.1. The van der Waals surface area contributed by atoms with Crippen molar-refractivity contribution in [1.29, 1.82) is 0 Å². The fourth-order valence-corrected chi connectivity index (χ4v) is 5.22. The fraction of sp³-hybridized carbons (Fsp3) is 0.0263. The van der Waals surface area contributed by atoms with Gasteiger partial charge in [-0.2, -0.15) is 0 Å². The highest BCUT2D eigenvalue weighted by Gasteiger charge is 2.08. The van der Waals surface area contributed by atoms with Gasteiger partial charge in [-0.1, -0.05) is 91.0 Å². The van der Waals surface area contributed by atoms with Crippen LogP contribution in [0.5, 0.6) is 0 Å². The zero-order valence-electron chi connectivity index (χ0n) is 23.0. The van der Waals surface area contributed by atoms with Crippen molar-refractivity contribution in [3.8, 4) is 55.9 Å². The number of dihydropyridines is 1. The molecule has 0 spiro atoms. The van der Waals surface area contributed by atoms with E-state index in [1.165, 1.54) is 27.8 Å². The molecule has 0 aliphatic carbocycles. The molecule has 0 radical (unpaired) electrons. The predicted octanol–water partition coefficient (Wildman–Crippen LogP) is 8.71. The molecule has 0 bridgehead atoms. The number of nitrogens with one attached hydrogen (secondary N) is 1. The van der Waals surface area contributed by atoms with E-state index in [4.69, 9.17) is 0 Å². The lowest BCUT2D eigenvalue weighted by atomic mass is 9.97. The largest absolute Gasteiger partial charge is 0.380 e. The molecule has 3 aromatic heterocycles. The van der Waals surface area contributed by atoms with Crippen LogP contribution in [0, 0.1) is 0 Å². The van der Waals surface area contributed by atoms with Gasteiger partial charge in [0.15, 0.2) is 0 Å². The lowest BCUT2D eigenvalue weighted by Gasteiger charge is -2.12. The van der Waals surface area contributed by atoms with Gasteiger partial charge in [-0.05, 0) is 87.0 Å². The zero-order chi connectivity index (χ0) is 28.1. The highest BCUT2D eigenvalue weighted by molar-refractivity contribution is 5.76. The number of pyridine rings is 3. The second kappa shape index (κ2) is 11.5. The van der Waals surface area contributed by atoms with E-state index in [1.54, 1.807) is 6.20 Å². The summed E-state index contributed by atoms with van der Waals surface area (Å²) >= 11 is 0. The van der Waals surface area contributed by atoms with Gasteiger partial charge < -0.3 is 5.32 Å². The Bertz CT molecular complexity index is 1890. The Morgan fingerprint density at radius 2 is 0.905 bits per heavy atom. The summed E-state index contributed by atoms with van der Waals surface area (Å²) in [7, 11) is 0. The van der Waals surface area contributed by atoms with E-state index < -0.39 is 0 Å². The van der Waals surface area contributed by atoms with Crippen molar-refractivity contribution in [3.05, 3.63) is 158 Å². The molecule has 0 unspecified atom stereocenters. The first-order chi connectivity index (χ1) is 20.8. The Kier molecular flexibility index (Phi) is 6.93. The third-order valence-electron chi connectivity index (χ3n) is 7.52. The number of nitrogens with zero attached hydrogens (tertiary/aromatic N) is 3. The van der Waals surface area contributed by atoms with E-state index in [9.17, 15) is 0 Å². The van der Waals surface area contributed by atoms with Crippen molar-refractivity contribution < 1.29 is 0 Å². The maximum absolute atomic E-state index is 4.55. The van der Waals surface area contributed by atoms with Crippen LogP contribution in [-0.4, -0.2) is 21.5 Å². The second-order valence-corrected chi connectivity index (χ2v) is 10.2. The van der Waals surface area contributed by atoms with Gasteiger partial charge >= 0.3 is 0 Å². The summed E-state index contributed by atoms with van der Waals surface area (Å²) in [6.45, 7) is 0.830. The number of hydrogen-bond donors (Lipinski definition) is 1. The molecule has 4 nitrogen and oxygen atoms in total. The van der Waals surface area contributed by atoms with Gasteiger partial charge in [-0.3, -0.25) is 15.0 Å². The normalized spacial score (nSPS) is 12.4. The van der Waals surface area contributed by atoms with Crippen molar-refractivity contribution in [1.82, 2.24) is 20.3 Å². The Morgan fingerprint density at radius 3 is 1.38 bits per heavy atom. The molecule has 0 saturated heterocycles. The topological polar surface area (TPSA) is 50.7 Å². The van der Waals surface area contributed by atoms with Crippen molar-refractivity contribution in [2.24, 2.45) is 0 Å². The van der Waals surface area contributed by atoms with Crippen LogP contribution >= 0.6 is 0 Å².